The first-order chi connectivity index (χ1) is 10.7. The Bertz CT molecular complexity index is 535. The van der Waals surface area contributed by atoms with Crippen LogP contribution in [0.3, 0.4) is 0 Å². The molecule has 23 heavy (non-hydrogen) atoms. The van der Waals surface area contributed by atoms with Gasteiger partial charge in [-0.15, -0.1) is 11.8 Å². The van der Waals surface area contributed by atoms with Gasteiger partial charge < -0.3 is 19.9 Å². The lowest BCUT2D eigenvalue weighted by Crippen LogP contribution is -2.68. The number of alkyl halides is 3. The number of carbonyl (C=O) groups excluding carboxylic acids is 2. The predicted molar refractivity (Wildman–Crippen MR) is 87.1 cm³/mol. The number of fused-ring (bicyclic) bond motifs is 1. The highest BCUT2D eigenvalue weighted by Gasteiger charge is 2.53. The lowest BCUT2D eigenvalue weighted by Gasteiger charge is -2.48. The minimum atomic E-state index is -1.75. The van der Waals surface area contributed by atoms with Crippen molar-refractivity contribution in [3.8, 4) is 0 Å². The van der Waals surface area contributed by atoms with Crippen LogP contribution >= 0.6 is 46.6 Å². The predicted octanol–water partition coefficient (Wildman–Crippen LogP) is 1.02. The first-order valence-corrected chi connectivity index (χ1v) is 8.62. The summed E-state index contributed by atoms with van der Waals surface area (Å²) >= 11 is 18.2. The van der Waals surface area contributed by atoms with Gasteiger partial charge in [-0.3, -0.25) is 9.69 Å². The Kier molecular flexibility index (Phi) is 6.10. The molecule has 2 N–H and O–H groups in total. The van der Waals surface area contributed by atoms with Crippen LogP contribution in [0.5, 0.6) is 0 Å². The average Bonchev–Trinajstić information content (AvgIpc) is 2.51. The maximum atomic E-state index is 12.4. The molecule has 1 saturated heterocycles. The number of methoxy groups -OCH3 is 2. The lowest BCUT2D eigenvalue weighted by atomic mass is 10.0. The van der Waals surface area contributed by atoms with Gasteiger partial charge in [0, 0.05) is 25.5 Å². The van der Waals surface area contributed by atoms with Crippen LogP contribution in [0, 0.1) is 0 Å². The fourth-order valence-corrected chi connectivity index (χ4v) is 3.77. The highest BCUT2D eigenvalue weighted by molar-refractivity contribution is 8.00. The Hall–Kier alpha value is -0.220. The summed E-state index contributed by atoms with van der Waals surface area (Å²) < 4.78 is 13.6. The van der Waals surface area contributed by atoms with Crippen molar-refractivity contribution in [3.05, 3.63) is 11.3 Å². The third kappa shape index (κ3) is 3.89. The number of carbonyl (C=O) groups is 2. The second-order valence-corrected chi connectivity index (χ2v) is 8.43. The third-order valence-corrected chi connectivity index (χ3v) is 4.96. The van der Waals surface area contributed by atoms with E-state index in [1.807, 2.05) is 0 Å². The van der Waals surface area contributed by atoms with E-state index in [9.17, 15) is 9.59 Å². The molecule has 2 atom stereocenters. The molecule has 2 rings (SSSR count). The first-order valence-electron chi connectivity index (χ1n) is 6.44. The van der Waals surface area contributed by atoms with Crippen LogP contribution in [-0.2, 0) is 23.8 Å². The molecule has 0 bridgehead atoms. The second-order valence-electron chi connectivity index (χ2n) is 4.80. The van der Waals surface area contributed by atoms with Crippen molar-refractivity contribution < 1.29 is 23.8 Å². The summed E-state index contributed by atoms with van der Waals surface area (Å²) in [6, 6.07) is -0.666. The van der Waals surface area contributed by atoms with Crippen LogP contribution in [-0.4, -0.2) is 64.9 Å². The van der Waals surface area contributed by atoms with Gasteiger partial charge in [-0.1, -0.05) is 34.8 Å². The normalized spacial score (nSPS) is 24.7. The van der Waals surface area contributed by atoms with E-state index in [1.54, 1.807) is 0 Å². The summed E-state index contributed by atoms with van der Waals surface area (Å²) in [4.78, 5) is 25.7. The number of β-lactam (4-membered cyclic amide) rings is 1. The molecule has 0 aromatic carbocycles. The van der Waals surface area contributed by atoms with Gasteiger partial charge in [0.2, 0.25) is 9.70 Å². The van der Waals surface area contributed by atoms with Crippen LogP contribution in [0.15, 0.2) is 11.3 Å². The van der Waals surface area contributed by atoms with Gasteiger partial charge in [0.15, 0.2) is 6.29 Å². The quantitative estimate of drug-likeness (QED) is 0.316. The Morgan fingerprint density at radius 1 is 1.43 bits per heavy atom. The minimum Gasteiger partial charge on any atom is -0.456 e. The SMILES string of the molecule is COC(OC)C1=C(C(=O)OCC(Cl)(Cl)Cl)N2C(=O)[C@@H](N)[C@@H]2SC1. The van der Waals surface area contributed by atoms with Gasteiger partial charge in [0.05, 0.1) is 0 Å². The van der Waals surface area contributed by atoms with E-state index in [0.29, 0.717) is 11.3 Å². The number of rotatable bonds is 5. The van der Waals surface area contributed by atoms with Gasteiger partial charge in [-0.05, 0) is 0 Å². The van der Waals surface area contributed by atoms with E-state index < -0.39 is 28.7 Å². The highest BCUT2D eigenvalue weighted by atomic mass is 35.6. The zero-order chi connectivity index (χ0) is 17.4. The van der Waals surface area contributed by atoms with E-state index in [0.717, 1.165) is 0 Å². The smallest absolute Gasteiger partial charge is 0.355 e. The van der Waals surface area contributed by atoms with Gasteiger partial charge in [0.1, 0.15) is 23.7 Å². The van der Waals surface area contributed by atoms with Crippen molar-refractivity contribution in [2.75, 3.05) is 26.6 Å². The number of esters is 1. The van der Waals surface area contributed by atoms with Crippen molar-refractivity contribution in [1.82, 2.24) is 4.90 Å². The summed E-state index contributed by atoms with van der Waals surface area (Å²) in [5.74, 6) is -0.783. The maximum absolute atomic E-state index is 12.4. The molecule has 0 aromatic rings. The molecule has 0 saturated carbocycles. The van der Waals surface area contributed by atoms with Crippen molar-refractivity contribution in [3.63, 3.8) is 0 Å². The first kappa shape index (κ1) is 19.1. The number of thioether (sulfide) groups is 1. The second kappa shape index (κ2) is 7.35. The van der Waals surface area contributed by atoms with Gasteiger partial charge in [-0.2, -0.15) is 0 Å². The lowest BCUT2D eigenvalue weighted by molar-refractivity contribution is -0.151. The monoisotopic (exact) mass is 404 g/mol. The molecule has 0 spiro atoms. The number of hydrogen-bond acceptors (Lipinski definition) is 7. The number of ether oxygens (including phenoxy) is 3. The Balaban J connectivity index is 2.32. The average molecular weight is 406 g/mol. The number of nitrogens with two attached hydrogens (primary N) is 1. The third-order valence-electron chi connectivity index (χ3n) is 3.31. The molecule has 0 unspecified atom stereocenters. The van der Waals surface area contributed by atoms with Gasteiger partial charge >= 0.3 is 5.97 Å². The van der Waals surface area contributed by atoms with Crippen LogP contribution < -0.4 is 5.73 Å². The molecule has 0 radical (unpaired) electrons. The molecular formula is C12H15Cl3N2O5S. The Morgan fingerprint density at radius 3 is 2.57 bits per heavy atom. The molecule has 130 valence electrons. The van der Waals surface area contributed by atoms with Crippen LogP contribution in [0.2, 0.25) is 0 Å². The van der Waals surface area contributed by atoms with Crippen LogP contribution in [0.25, 0.3) is 0 Å². The Labute approximate surface area is 152 Å². The molecule has 0 aliphatic carbocycles. The zero-order valence-corrected chi connectivity index (χ0v) is 15.3. The highest BCUT2D eigenvalue weighted by Crippen LogP contribution is 2.41. The zero-order valence-electron chi connectivity index (χ0n) is 12.3. The van der Waals surface area contributed by atoms with E-state index >= 15 is 0 Å². The molecule has 1 amide bonds. The van der Waals surface area contributed by atoms with E-state index in [4.69, 9.17) is 54.7 Å². The molecular weight excluding hydrogens is 391 g/mol. The number of halogens is 3. The van der Waals surface area contributed by atoms with Crippen molar-refractivity contribution in [2.24, 2.45) is 5.73 Å². The Morgan fingerprint density at radius 2 is 2.04 bits per heavy atom. The number of amides is 1. The van der Waals surface area contributed by atoms with E-state index in [2.05, 4.69) is 0 Å². The topological polar surface area (TPSA) is 91.1 Å². The van der Waals surface area contributed by atoms with Crippen molar-refractivity contribution in [2.45, 2.75) is 21.5 Å². The molecule has 2 heterocycles. The summed E-state index contributed by atoms with van der Waals surface area (Å²) in [6.07, 6.45) is -0.802. The summed E-state index contributed by atoms with van der Waals surface area (Å²) in [5, 5.41) is -0.337. The standard InChI is InChI=1S/C12H15Cl3N2O5S/c1-20-11(21-2)5-3-23-9-6(16)8(18)17(9)7(5)10(19)22-4-12(13,14)15/h6,9,11H,3-4,16H2,1-2H3/t6-,9+/m1/s1. The molecule has 1 fully saturated rings. The number of hydrogen-bond donors (Lipinski definition) is 1. The fourth-order valence-electron chi connectivity index (χ4n) is 2.31. The van der Waals surface area contributed by atoms with E-state index in [-0.39, 0.29) is 17.0 Å². The van der Waals surface area contributed by atoms with Gasteiger partial charge in [0.25, 0.3) is 0 Å². The molecule has 2 aliphatic rings. The largest absolute Gasteiger partial charge is 0.456 e. The van der Waals surface area contributed by atoms with Crippen LogP contribution in [0.1, 0.15) is 0 Å². The number of nitrogens with zero attached hydrogens (tertiary/aromatic N) is 1. The van der Waals surface area contributed by atoms with Crippen molar-refractivity contribution >= 4 is 58.4 Å². The molecule has 2 aliphatic heterocycles. The van der Waals surface area contributed by atoms with E-state index in [1.165, 1.54) is 30.9 Å². The summed E-state index contributed by atoms with van der Waals surface area (Å²) in [6.45, 7) is -0.455. The maximum Gasteiger partial charge on any atom is 0.355 e. The fraction of sp³-hybridized carbons (Fsp3) is 0.667. The van der Waals surface area contributed by atoms with Crippen LogP contribution in [0.4, 0.5) is 0 Å². The molecule has 0 aromatic heterocycles. The van der Waals surface area contributed by atoms with Crippen molar-refractivity contribution in [1.29, 1.82) is 0 Å². The van der Waals surface area contributed by atoms with Gasteiger partial charge in [-0.25, -0.2) is 4.79 Å². The molecule has 7 nitrogen and oxygen atoms in total. The minimum absolute atomic E-state index is 0.0309. The molecule has 11 heteroatoms. The summed E-state index contributed by atoms with van der Waals surface area (Å²) in [5.41, 5.74) is 6.25. The summed E-state index contributed by atoms with van der Waals surface area (Å²) in [7, 11) is 2.84.